The molecule has 0 spiro atoms. The molecule has 0 aromatic heterocycles. The monoisotopic (exact) mass is 277 g/mol. The van der Waals surface area contributed by atoms with E-state index < -0.39 is 5.97 Å². The number of benzene rings is 1. The minimum Gasteiger partial charge on any atom is -0.496 e. The van der Waals surface area contributed by atoms with E-state index in [2.05, 4.69) is 5.32 Å². The third-order valence-corrected chi connectivity index (χ3v) is 2.33. The number of carbonyl (C=O) groups excluding carboxylic acids is 2. The summed E-state index contributed by atoms with van der Waals surface area (Å²) in [7, 11) is 1.56. The van der Waals surface area contributed by atoms with Crippen molar-refractivity contribution < 1.29 is 19.1 Å². The quantitative estimate of drug-likeness (QED) is 0.636. The highest BCUT2D eigenvalue weighted by Crippen LogP contribution is 2.18. The van der Waals surface area contributed by atoms with Gasteiger partial charge in [0.2, 0.25) is 0 Å². The van der Waals surface area contributed by atoms with Crippen LogP contribution in [0.25, 0.3) is 6.08 Å². The van der Waals surface area contributed by atoms with Crippen LogP contribution in [0.5, 0.6) is 5.75 Å². The van der Waals surface area contributed by atoms with Gasteiger partial charge in [0, 0.05) is 17.7 Å². The molecule has 0 fully saturated rings. The SMILES string of the molecule is COc1ccccc1/C=C/C(=O)OCC(=O)NC(C)C. The lowest BCUT2D eigenvalue weighted by atomic mass is 10.2. The van der Waals surface area contributed by atoms with Crippen LogP contribution in [0.15, 0.2) is 30.3 Å². The van der Waals surface area contributed by atoms with E-state index in [-0.39, 0.29) is 18.6 Å². The Morgan fingerprint density at radius 3 is 2.65 bits per heavy atom. The molecule has 20 heavy (non-hydrogen) atoms. The third-order valence-electron chi connectivity index (χ3n) is 2.33. The van der Waals surface area contributed by atoms with Crippen LogP contribution < -0.4 is 10.1 Å². The van der Waals surface area contributed by atoms with Crippen molar-refractivity contribution in [2.45, 2.75) is 19.9 Å². The van der Waals surface area contributed by atoms with Gasteiger partial charge in [0.05, 0.1) is 7.11 Å². The van der Waals surface area contributed by atoms with Crippen molar-refractivity contribution in [2.75, 3.05) is 13.7 Å². The number of nitrogens with one attached hydrogen (secondary N) is 1. The molecule has 1 rings (SSSR count). The topological polar surface area (TPSA) is 64.6 Å². The first kappa shape index (κ1) is 15.8. The van der Waals surface area contributed by atoms with Crippen molar-refractivity contribution in [3.8, 4) is 5.75 Å². The van der Waals surface area contributed by atoms with E-state index in [4.69, 9.17) is 9.47 Å². The molecule has 5 nitrogen and oxygen atoms in total. The fourth-order valence-electron chi connectivity index (χ4n) is 1.51. The van der Waals surface area contributed by atoms with Crippen LogP contribution in [-0.2, 0) is 14.3 Å². The van der Waals surface area contributed by atoms with Crippen LogP contribution in [0.1, 0.15) is 19.4 Å². The zero-order valence-electron chi connectivity index (χ0n) is 11.9. The zero-order valence-corrected chi connectivity index (χ0v) is 11.9. The largest absolute Gasteiger partial charge is 0.496 e. The Labute approximate surface area is 118 Å². The van der Waals surface area contributed by atoms with Gasteiger partial charge in [-0.25, -0.2) is 4.79 Å². The van der Waals surface area contributed by atoms with E-state index in [1.807, 2.05) is 32.0 Å². The highest BCUT2D eigenvalue weighted by molar-refractivity contribution is 5.89. The summed E-state index contributed by atoms with van der Waals surface area (Å²) in [6, 6.07) is 7.30. The van der Waals surface area contributed by atoms with Gasteiger partial charge in [-0.15, -0.1) is 0 Å². The minimum atomic E-state index is -0.574. The van der Waals surface area contributed by atoms with Crippen LogP contribution in [0, 0.1) is 0 Å². The Morgan fingerprint density at radius 1 is 1.30 bits per heavy atom. The lowest BCUT2D eigenvalue weighted by Gasteiger charge is -2.07. The summed E-state index contributed by atoms with van der Waals surface area (Å²) in [5.74, 6) is -0.233. The minimum absolute atomic E-state index is 0.0188. The highest BCUT2D eigenvalue weighted by atomic mass is 16.5. The van der Waals surface area contributed by atoms with Crippen LogP contribution in [0.2, 0.25) is 0 Å². The van der Waals surface area contributed by atoms with Crippen molar-refractivity contribution in [1.82, 2.24) is 5.32 Å². The maximum Gasteiger partial charge on any atom is 0.331 e. The molecule has 0 aliphatic heterocycles. The standard InChI is InChI=1S/C15H19NO4/c1-11(2)16-14(17)10-20-15(18)9-8-12-6-4-5-7-13(12)19-3/h4-9,11H,10H2,1-3H3,(H,16,17)/b9-8+. The number of amides is 1. The smallest absolute Gasteiger partial charge is 0.331 e. The number of methoxy groups -OCH3 is 1. The first-order chi connectivity index (χ1) is 9.52. The summed E-state index contributed by atoms with van der Waals surface area (Å²) in [4.78, 5) is 22.8. The Bertz CT molecular complexity index is 494. The number of rotatable bonds is 6. The molecule has 0 saturated carbocycles. The Morgan fingerprint density at radius 2 is 2.00 bits per heavy atom. The molecule has 108 valence electrons. The highest BCUT2D eigenvalue weighted by Gasteiger charge is 2.06. The van der Waals surface area contributed by atoms with Crippen molar-refractivity contribution in [3.63, 3.8) is 0 Å². The lowest BCUT2D eigenvalue weighted by molar-refractivity contribution is -0.143. The second kappa shape index (κ2) is 7.99. The average molecular weight is 277 g/mol. The van der Waals surface area contributed by atoms with E-state index in [1.165, 1.54) is 6.08 Å². The van der Waals surface area contributed by atoms with Gasteiger partial charge in [0.15, 0.2) is 6.61 Å². The van der Waals surface area contributed by atoms with Gasteiger partial charge in [-0.1, -0.05) is 18.2 Å². The first-order valence-electron chi connectivity index (χ1n) is 6.30. The predicted octanol–water partition coefficient (Wildman–Crippen LogP) is 1.78. The van der Waals surface area contributed by atoms with Gasteiger partial charge in [-0.05, 0) is 26.0 Å². The number of para-hydroxylation sites is 1. The Hall–Kier alpha value is -2.30. The normalized spacial score (nSPS) is 10.6. The van der Waals surface area contributed by atoms with Crippen LogP contribution >= 0.6 is 0 Å². The van der Waals surface area contributed by atoms with E-state index in [9.17, 15) is 9.59 Å². The van der Waals surface area contributed by atoms with Crippen molar-refractivity contribution in [2.24, 2.45) is 0 Å². The Kier molecular flexibility index (Phi) is 6.29. The third kappa shape index (κ3) is 5.56. The number of esters is 1. The molecule has 1 aromatic rings. The lowest BCUT2D eigenvalue weighted by Crippen LogP contribution is -2.33. The molecule has 0 aliphatic rings. The average Bonchev–Trinajstić information content (AvgIpc) is 2.42. The zero-order chi connectivity index (χ0) is 15.0. The van der Waals surface area contributed by atoms with Gasteiger partial charge in [0.25, 0.3) is 5.91 Å². The molecule has 0 atom stereocenters. The summed E-state index contributed by atoms with van der Waals surface area (Å²) in [5.41, 5.74) is 0.763. The molecule has 0 bridgehead atoms. The van der Waals surface area contributed by atoms with Gasteiger partial charge in [-0.2, -0.15) is 0 Å². The molecule has 1 N–H and O–H groups in total. The van der Waals surface area contributed by atoms with Crippen molar-refractivity contribution in [3.05, 3.63) is 35.9 Å². The maximum absolute atomic E-state index is 11.5. The van der Waals surface area contributed by atoms with Crippen LogP contribution in [0.3, 0.4) is 0 Å². The molecule has 0 unspecified atom stereocenters. The molecular weight excluding hydrogens is 258 g/mol. The molecule has 0 aliphatic carbocycles. The van der Waals surface area contributed by atoms with Gasteiger partial charge in [0.1, 0.15) is 5.75 Å². The number of carbonyl (C=O) groups is 2. The number of ether oxygens (including phenoxy) is 2. The number of hydrogen-bond acceptors (Lipinski definition) is 4. The van der Waals surface area contributed by atoms with Gasteiger partial charge < -0.3 is 14.8 Å². The van der Waals surface area contributed by atoms with Crippen LogP contribution in [0.4, 0.5) is 0 Å². The molecule has 0 radical (unpaired) electrons. The number of hydrogen-bond donors (Lipinski definition) is 1. The molecule has 1 aromatic carbocycles. The van der Waals surface area contributed by atoms with E-state index >= 15 is 0 Å². The van der Waals surface area contributed by atoms with Crippen molar-refractivity contribution >= 4 is 18.0 Å². The molecular formula is C15H19NO4. The molecule has 5 heteroatoms. The van der Waals surface area contributed by atoms with Crippen molar-refractivity contribution in [1.29, 1.82) is 0 Å². The van der Waals surface area contributed by atoms with E-state index in [0.717, 1.165) is 5.56 Å². The summed E-state index contributed by atoms with van der Waals surface area (Å²) in [6.07, 6.45) is 2.85. The van der Waals surface area contributed by atoms with Gasteiger partial charge >= 0.3 is 5.97 Å². The fraction of sp³-hybridized carbons (Fsp3) is 0.333. The second-order valence-electron chi connectivity index (χ2n) is 4.41. The summed E-state index contributed by atoms with van der Waals surface area (Å²) in [5, 5.41) is 2.63. The van der Waals surface area contributed by atoms with Gasteiger partial charge in [-0.3, -0.25) is 4.79 Å². The predicted molar refractivity (Wildman–Crippen MR) is 76.3 cm³/mol. The molecule has 1 amide bonds. The van der Waals surface area contributed by atoms with Crippen LogP contribution in [-0.4, -0.2) is 31.6 Å². The molecule has 0 heterocycles. The summed E-state index contributed by atoms with van der Waals surface area (Å²) >= 11 is 0. The van der Waals surface area contributed by atoms with E-state index in [1.54, 1.807) is 19.3 Å². The second-order valence-corrected chi connectivity index (χ2v) is 4.41. The molecule has 0 saturated heterocycles. The fourth-order valence-corrected chi connectivity index (χ4v) is 1.51. The first-order valence-corrected chi connectivity index (χ1v) is 6.30. The Balaban J connectivity index is 2.49. The van der Waals surface area contributed by atoms with E-state index in [0.29, 0.717) is 5.75 Å². The maximum atomic E-state index is 11.5. The summed E-state index contributed by atoms with van der Waals surface area (Å²) < 4.78 is 9.97. The summed E-state index contributed by atoms with van der Waals surface area (Å²) in [6.45, 7) is 3.38.